The van der Waals surface area contributed by atoms with Gasteiger partial charge >= 0.3 is 0 Å². The first-order valence-corrected chi connectivity index (χ1v) is 8.34. The van der Waals surface area contributed by atoms with Crippen LogP contribution in [-0.2, 0) is 9.59 Å². The van der Waals surface area contributed by atoms with Crippen molar-refractivity contribution < 1.29 is 24.2 Å². The normalized spacial score (nSPS) is 26.0. The molecule has 1 aliphatic carbocycles. The molecule has 1 saturated heterocycles. The van der Waals surface area contributed by atoms with Crippen molar-refractivity contribution in [2.45, 2.75) is 25.0 Å². The van der Waals surface area contributed by atoms with E-state index >= 15 is 0 Å². The van der Waals surface area contributed by atoms with E-state index < -0.39 is 0 Å². The van der Waals surface area contributed by atoms with E-state index in [0.717, 1.165) is 31.5 Å². The number of carboxylic acid groups (broad SMARTS) is 1. The number of rotatable bonds is 3. The predicted octanol–water partition coefficient (Wildman–Crippen LogP) is 1.36. The van der Waals surface area contributed by atoms with Gasteiger partial charge in [-0.2, -0.15) is 0 Å². The Hall–Kier alpha value is -1.99. The lowest BCUT2D eigenvalue weighted by Crippen LogP contribution is -2.40. The Morgan fingerprint density at radius 3 is 2.16 bits per heavy atom. The standard InChI is InChI=1S/C17H23FN2O2.CH2O2/c1-19(2)16(11-3-5-14(18)6-4-11)17(22)20-9-12-7-15(21)8-13(12)10-20;2-1-3/h3-6,12-13,15-16,21H,7-10H2,1-2H3;1H,(H,2,3)/t12-,13+,15?,16?;. The Kier molecular flexibility index (Phi) is 6.50. The number of aliphatic hydroxyl groups is 1. The maximum Gasteiger partial charge on any atom is 0.290 e. The summed E-state index contributed by atoms with van der Waals surface area (Å²) >= 11 is 0. The third kappa shape index (κ3) is 4.55. The summed E-state index contributed by atoms with van der Waals surface area (Å²) < 4.78 is 13.1. The molecule has 1 saturated carbocycles. The molecule has 4 atom stereocenters. The van der Waals surface area contributed by atoms with Crippen LogP contribution in [-0.4, -0.2) is 65.7 Å². The van der Waals surface area contributed by atoms with Gasteiger partial charge in [-0.15, -0.1) is 0 Å². The van der Waals surface area contributed by atoms with Crippen molar-refractivity contribution in [3.8, 4) is 0 Å². The third-order valence-corrected chi connectivity index (χ3v) is 4.97. The molecule has 0 spiro atoms. The topological polar surface area (TPSA) is 81.1 Å². The second kappa shape index (κ2) is 8.40. The Morgan fingerprint density at radius 2 is 1.72 bits per heavy atom. The molecule has 2 N–H and O–H groups in total. The molecular formula is C18H25FN2O4. The SMILES string of the molecule is CN(C)C(C(=O)N1C[C@H]2CC(O)C[C@H]2C1)c1ccc(F)cc1.O=CO. The monoisotopic (exact) mass is 352 g/mol. The van der Waals surface area contributed by atoms with Gasteiger partial charge in [-0.3, -0.25) is 14.5 Å². The van der Waals surface area contributed by atoms with Gasteiger partial charge in [0.15, 0.2) is 0 Å². The fraction of sp³-hybridized carbons (Fsp3) is 0.556. The highest BCUT2D eigenvalue weighted by molar-refractivity contribution is 5.83. The molecule has 1 aliphatic heterocycles. The first-order chi connectivity index (χ1) is 11.9. The molecule has 7 heteroatoms. The number of benzene rings is 1. The van der Waals surface area contributed by atoms with Crippen LogP contribution in [0.15, 0.2) is 24.3 Å². The van der Waals surface area contributed by atoms with E-state index in [0.29, 0.717) is 11.8 Å². The van der Waals surface area contributed by atoms with Crippen LogP contribution in [0.25, 0.3) is 0 Å². The third-order valence-electron chi connectivity index (χ3n) is 4.97. The van der Waals surface area contributed by atoms with Crippen LogP contribution in [0.5, 0.6) is 0 Å². The number of carbonyl (C=O) groups is 2. The summed E-state index contributed by atoms with van der Waals surface area (Å²) in [5.74, 6) is 0.629. The van der Waals surface area contributed by atoms with E-state index in [1.807, 2.05) is 23.9 Å². The van der Waals surface area contributed by atoms with Gasteiger partial charge in [0.1, 0.15) is 11.9 Å². The number of amides is 1. The largest absolute Gasteiger partial charge is 0.483 e. The molecule has 1 aromatic rings. The fourth-order valence-corrected chi connectivity index (χ4v) is 3.93. The summed E-state index contributed by atoms with van der Waals surface area (Å²) in [5.41, 5.74) is 0.813. The van der Waals surface area contributed by atoms with Crippen molar-refractivity contribution in [3.05, 3.63) is 35.6 Å². The zero-order valence-electron chi connectivity index (χ0n) is 14.5. The lowest BCUT2D eigenvalue weighted by Gasteiger charge is -2.29. The van der Waals surface area contributed by atoms with E-state index in [1.165, 1.54) is 12.1 Å². The Bertz CT molecular complexity index is 579. The Morgan fingerprint density at radius 1 is 1.24 bits per heavy atom. The van der Waals surface area contributed by atoms with Gasteiger partial charge in [-0.25, -0.2) is 4.39 Å². The van der Waals surface area contributed by atoms with Crippen molar-refractivity contribution in [2.24, 2.45) is 11.8 Å². The second-order valence-electron chi connectivity index (χ2n) is 6.91. The summed E-state index contributed by atoms with van der Waals surface area (Å²) in [7, 11) is 3.74. The minimum absolute atomic E-state index is 0.0699. The van der Waals surface area contributed by atoms with Gasteiger partial charge in [0.25, 0.3) is 6.47 Å². The van der Waals surface area contributed by atoms with Gasteiger partial charge in [0.05, 0.1) is 6.10 Å². The molecule has 2 fully saturated rings. The fourth-order valence-electron chi connectivity index (χ4n) is 3.93. The van der Waals surface area contributed by atoms with Crippen LogP contribution in [0.3, 0.4) is 0 Å². The first kappa shape index (κ1) is 19.3. The van der Waals surface area contributed by atoms with Crippen LogP contribution in [0.2, 0.25) is 0 Å². The lowest BCUT2D eigenvalue weighted by molar-refractivity contribution is -0.135. The number of fused-ring (bicyclic) bond motifs is 1. The maximum atomic E-state index is 13.1. The van der Waals surface area contributed by atoms with E-state index in [4.69, 9.17) is 9.90 Å². The van der Waals surface area contributed by atoms with Crippen LogP contribution in [0.1, 0.15) is 24.4 Å². The maximum absolute atomic E-state index is 13.1. The Balaban J connectivity index is 0.000000701. The van der Waals surface area contributed by atoms with Crippen LogP contribution >= 0.6 is 0 Å². The molecule has 2 unspecified atom stereocenters. The van der Waals surface area contributed by atoms with Gasteiger partial charge < -0.3 is 15.1 Å². The quantitative estimate of drug-likeness (QED) is 0.803. The lowest BCUT2D eigenvalue weighted by atomic mass is 10.0. The number of aliphatic hydroxyl groups excluding tert-OH is 1. The molecule has 1 aromatic carbocycles. The van der Waals surface area contributed by atoms with Crippen molar-refractivity contribution in [1.29, 1.82) is 0 Å². The molecule has 138 valence electrons. The van der Waals surface area contributed by atoms with Crippen molar-refractivity contribution in [1.82, 2.24) is 9.80 Å². The summed E-state index contributed by atoms with van der Waals surface area (Å²) in [4.78, 5) is 25.1. The first-order valence-electron chi connectivity index (χ1n) is 8.34. The van der Waals surface area contributed by atoms with Gasteiger partial charge in [0, 0.05) is 13.1 Å². The molecule has 0 bridgehead atoms. The number of likely N-dealkylation sites (N-methyl/N-ethyl adjacent to an activating group) is 1. The van der Waals surface area contributed by atoms with Gasteiger partial charge in [-0.1, -0.05) is 12.1 Å². The average molecular weight is 352 g/mol. The van der Waals surface area contributed by atoms with E-state index in [2.05, 4.69) is 0 Å². The molecule has 0 aromatic heterocycles. The molecule has 2 aliphatic rings. The number of nitrogens with zero attached hydrogens (tertiary/aromatic N) is 2. The number of hydrogen-bond acceptors (Lipinski definition) is 4. The smallest absolute Gasteiger partial charge is 0.290 e. The molecule has 0 radical (unpaired) electrons. The highest BCUT2D eigenvalue weighted by Gasteiger charge is 2.43. The minimum atomic E-state index is -0.385. The van der Waals surface area contributed by atoms with Crippen LogP contribution in [0.4, 0.5) is 4.39 Å². The Labute approximate surface area is 146 Å². The van der Waals surface area contributed by atoms with Crippen molar-refractivity contribution >= 4 is 12.4 Å². The number of likely N-dealkylation sites (tertiary alicyclic amines) is 1. The van der Waals surface area contributed by atoms with Crippen molar-refractivity contribution in [2.75, 3.05) is 27.2 Å². The summed E-state index contributed by atoms with van der Waals surface area (Å²) in [6.07, 6.45) is 1.41. The summed E-state index contributed by atoms with van der Waals surface area (Å²) in [6.45, 7) is 1.21. The number of halogens is 1. The zero-order chi connectivity index (χ0) is 18.6. The molecule has 6 nitrogen and oxygen atoms in total. The van der Waals surface area contributed by atoms with Gasteiger partial charge in [0.2, 0.25) is 5.91 Å². The number of carbonyl (C=O) groups excluding carboxylic acids is 1. The zero-order valence-corrected chi connectivity index (χ0v) is 14.5. The predicted molar refractivity (Wildman–Crippen MR) is 90.3 cm³/mol. The van der Waals surface area contributed by atoms with Gasteiger partial charge in [-0.05, 0) is 56.5 Å². The minimum Gasteiger partial charge on any atom is -0.483 e. The second-order valence-corrected chi connectivity index (χ2v) is 6.91. The molecule has 25 heavy (non-hydrogen) atoms. The summed E-state index contributed by atoms with van der Waals surface area (Å²) in [6, 6.07) is 5.77. The molecule has 1 amide bonds. The molecular weight excluding hydrogens is 327 g/mol. The average Bonchev–Trinajstić information content (AvgIpc) is 3.07. The van der Waals surface area contributed by atoms with E-state index in [-0.39, 0.29) is 30.3 Å². The summed E-state index contributed by atoms with van der Waals surface area (Å²) in [5, 5.41) is 16.6. The van der Waals surface area contributed by atoms with Crippen LogP contribution < -0.4 is 0 Å². The number of hydrogen-bond donors (Lipinski definition) is 2. The molecule has 1 heterocycles. The van der Waals surface area contributed by atoms with Crippen molar-refractivity contribution in [3.63, 3.8) is 0 Å². The van der Waals surface area contributed by atoms with Crippen LogP contribution in [0, 0.1) is 17.7 Å². The molecule has 3 rings (SSSR count). The van der Waals surface area contributed by atoms with E-state index in [9.17, 15) is 14.3 Å². The highest BCUT2D eigenvalue weighted by Crippen LogP contribution is 2.39. The van der Waals surface area contributed by atoms with E-state index in [1.54, 1.807) is 12.1 Å². The highest BCUT2D eigenvalue weighted by atomic mass is 19.1.